The summed E-state index contributed by atoms with van der Waals surface area (Å²) in [6.07, 6.45) is 2.69. The van der Waals surface area contributed by atoms with Crippen LogP contribution in [0.15, 0.2) is 46.5 Å². The number of nitrogens with zero attached hydrogens (tertiary/aromatic N) is 1. The Balaban J connectivity index is 1.50. The van der Waals surface area contributed by atoms with Gasteiger partial charge in [-0.3, -0.25) is 4.79 Å². The molecule has 0 saturated carbocycles. The van der Waals surface area contributed by atoms with Gasteiger partial charge in [-0.15, -0.1) is 11.3 Å². The summed E-state index contributed by atoms with van der Waals surface area (Å²) >= 11 is 1.60. The number of benzene rings is 1. The van der Waals surface area contributed by atoms with Gasteiger partial charge in [-0.2, -0.15) is 0 Å². The van der Waals surface area contributed by atoms with Gasteiger partial charge < -0.3 is 9.73 Å². The smallest absolute Gasteiger partial charge is 0.225 e. The van der Waals surface area contributed by atoms with Gasteiger partial charge in [-0.05, 0) is 35.6 Å². The number of oxazole rings is 1. The molecule has 0 fully saturated rings. The van der Waals surface area contributed by atoms with Crippen molar-refractivity contribution in [1.29, 1.82) is 0 Å². The molecular weight excluding hydrogens is 272 g/mol. The van der Waals surface area contributed by atoms with Crippen molar-refractivity contribution in [2.24, 2.45) is 0 Å². The number of fused-ring (bicyclic) bond motifs is 1. The zero-order valence-corrected chi connectivity index (χ0v) is 11.7. The zero-order chi connectivity index (χ0) is 13.8. The molecule has 0 radical (unpaired) electrons. The maximum Gasteiger partial charge on any atom is 0.225 e. The minimum atomic E-state index is 0.0648. The molecule has 0 aliphatic carbocycles. The van der Waals surface area contributed by atoms with Gasteiger partial charge in [0, 0.05) is 11.4 Å². The maximum atomic E-state index is 11.7. The van der Waals surface area contributed by atoms with E-state index in [-0.39, 0.29) is 5.91 Å². The molecule has 3 rings (SSSR count). The molecule has 0 unspecified atom stereocenters. The highest BCUT2D eigenvalue weighted by molar-refractivity contribution is 7.10. The Bertz CT molecular complexity index is 704. The number of nitrogens with one attached hydrogen (secondary N) is 1. The van der Waals surface area contributed by atoms with Crippen LogP contribution in [0.25, 0.3) is 11.1 Å². The first-order chi connectivity index (χ1) is 9.81. The fraction of sp³-hybridized carbons (Fsp3) is 0.200. The highest BCUT2D eigenvalue weighted by Gasteiger charge is 2.04. The number of rotatable bonds is 5. The number of thiophene rings is 1. The number of aromatic nitrogens is 1. The van der Waals surface area contributed by atoms with E-state index in [0.717, 1.165) is 28.0 Å². The Morgan fingerprint density at radius 2 is 2.30 bits per heavy atom. The van der Waals surface area contributed by atoms with Crippen LogP contribution in [0, 0.1) is 0 Å². The van der Waals surface area contributed by atoms with Crippen molar-refractivity contribution >= 4 is 28.3 Å². The second-order valence-electron chi connectivity index (χ2n) is 4.51. The summed E-state index contributed by atoms with van der Waals surface area (Å²) in [5.74, 6) is 0.0648. The summed E-state index contributed by atoms with van der Waals surface area (Å²) in [7, 11) is 0. The lowest BCUT2D eigenvalue weighted by Crippen LogP contribution is -2.26. The summed E-state index contributed by atoms with van der Waals surface area (Å²) in [5.41, 5.74) is 2.78. The normalized spacial score (nSPS) is 10.8. The van der Waals surface area contributed by atoms with Gasteiger partial charge in [0.25, 0.3) is 0 Å². The molecule has 102 valence electrons. The SMILES string of the molecule is O=C(Cc1cccs1)NCCc1ccc2ocnc2c1. The molecule has 0 bridgehead atoms. The van der Waals surface area contributed by atoms with Gasteiger partial charge in [0.1, 0.15) is 5.52 Å². The van der Waals surface area contributed by atoms with Gasteiger partial charge in [0.15, 0.2) is 12.0 Å². The van der Waals surface area contributed by atoms with Crippen LogP contribution in [0.1, 0.15) is 10.4 Å². The number of amides is 1. The van der Waals surface area contributed by atoms with E-state index >= 15 is 0 Å². The Labute approximate surface area is 120 Å². The molecule has 0 spiro atoms. The molecule has 3 aromatic rings. The lowest BCUT2D eigenvalue weighted by atomic mass is 10.1. The highest BCUT2D eigenvalue weighted by Crippen LogP contribution is 2.14. The van der Waals surface area contributed by atoms with Gasteiger partial charge >= 0.3 is 0 Å². The lowest BCUT2D eigenvalue weighted by molar-refractivity contribution is -0.120. The molecule has 4 nitrogen and oxygen atoms in total. The van der Waals surface area contributed by atoms with Crippen LogP contribution in [-0.4, -0.2) is 17.4 Å². The number of hydrogen-bond acceptors (Lipinski definition) is 4. The minimum absolute atomic E-state index is 0.0648. The molecule has 1 amide bonds. The molecule has 0 aliphatic heterocycles. The first-order valence-electron chi connectivity index (χ1n) is 6.42. The van der Waals surface area contributed by atoms with Crippen molar-refractivity contribution in [2.75, 3.05) is 6.54 Å². The molecule has 2 aromatic heterocycles. The van der Waals surface area contributed by atoms with Crippen LogP contribution >= 0.6 is 11.3 Å². The van der Waals surface area contributed by atoms with E-state index in [4.69, 9.17) is 4.42 Å². The summed E-state index contributed by atoms with van der Waals surface area (Å²) in [5, 5.41) is 4.92. The summed E-state index contributed by atoms with van der Waals surface area (Å²) in [4.78, 5) is 16.9. The molecule has 0 atom stereocenters. The molecule has 1 aromatic carbocycles. The molecule has 0 saturated heterocycles. The summed E-state index contributed by atoms with van der Waals surface area (Å²) < 4.78 is 5.19. The third-order valence-corrected chi connectivity index (χ3v) is 3.92. The van der Waals surface area contributed by atoms with Crippen LogP contribution in [0.3, 0.4) is 0 Å². The van der Waals surface area contributed by atoms with Crippen molar-refractivity contribution in [3.63, 3.8) is 0 Å². The van der Waals surface area contributed by atoms with E-state index in [1.165, 1.54) is 6.39 Å². The van der Waals surface area contributed by atoms with Gasteiger partial charge in [-0.25, -0.2) is 4.98 Å². The van der Waals surface area contributed by atoms with Crippen LogP contribution in [-0.2, 0) is 17.6 Å². The average molecular weight is 286 g/mol. The first-order valence-corrected chi connectivity index (χ1v) is 7.30. The van der Waals surface area contributed by atoms with Crippen LogP contribution in [0.2, 0.25) is 0 Å². The van der Waals surface area contributed by atoms with Gasteiger partial charge in [-0.1, -0.05) is 12.1 Å². The number of carbonyl (C=O) groups is 1. The second-order valence-corrected chi connectivity index (χ2v) is 5.54. The summed E-state index contributed by atoms with van der Waals surface area (Å²) in [6, 6.07) is 9.83. The number of carbonyl (C=O) groups excluding carboxylic acids is 1. The van der Waals surface area contributed by atoms with Crippen molar-refractivity contribution < 1.29 is 9.21 Å². The third-order valence-electron chi connectivity index (χ3n) is 3.05. The first kappa shape index (κ1) is 12.9. The second kappa shape index (κ2) is 5.88. The monoisotopic (exact) mass is 286 g/mol. The molecule has 1 N–H and O–H groups in total. The van der Waals surface area contributed by atoms with Crippen LogP contribution < -0.4 is 5.32 Å². The van der Waals surface area contributed by atoms with E-state index in [1.54, 1.807) is 11.3 Å². The van der Waals surface area contributed by atoms with E-state index < -0.39 is 0 Å². The molecule has 5 heteroatoms. The minimum Gasteiger partial charge on any atom is -0.443 e. The van der Waals surface area contributed by atoms with Crippen molar-refractivity contribution in [2.45, 2.75) is 12.8 Å². The topological polar surface area (TPSA) is 55.1 Å². The molecular formula is C15H14N2O2S. The predicted octanol–water partition coefficient (Wildman–Crippen LogP) is 2.79. The fourth-order valence-corrected chi connectivity index (χ4v) is 2.74. The number of hydrogen-bond donors (Lipinski definition) is 1. The molecule has 20 heavy (non-hydrogen) atoms. The standard InChI is InChI=1S/C15H14N2O2S/c18-15(9-12-2-1-7-20-12)16-6-5-11-3-4-14-13(8-11)17-10-19-14/h1-4,7-8,10H,5-6,9H2,(H,16,18). The van der Waals surface area contributed by atoms with Crippen LogP contribution in [0.4, 0.5) is 0 Å². The predicted molar refractivity (Wildman–Crippen MR) is 78.7 cm³/mol. The van der Waals surface area contributed by atoms with Crippen molar-refractivity contribution in [3.05, 3.63) is 52.5 Å². The Morgan fingerprint density at radius 1 is 1.35 bits per heavy atom. The van der Waals surface area contributed by atoms with E-state index in [9.17, 15) is 4.79 Å². The average Bonchev–Trinajstić information content (AvgIpc) is 3.09. The van der Waals surface area contributed by atoms with E-state index in [0.29, 0.717) is 13.0 Å². The maximum absolute atomic E-state index is 11.7. The fourth-order valence-electron chi connectivity index (χ4n) is 2.04. The molecule has 0 aliphatic rings. The van der Waals surface area contributed by atoms with E-state index in [2.05, 4.69) is 10.3 Å². The van der Waals surface area contributed by atoms with E-state index in [1.807, 2.05) is 35.7 Å². The zero-order valence-electron chi connectivity index (χ0n) is 10.8. The van der Waals surface area contributed by atoms with Crippen molar-refractivity contribution in [3.8, 4) is 0 Å². The van der Waals surface area contributed by atoms with Gasteiger partial charge in [0.05, 0.1) is 6.42 Å². The summed E-state index contributed by atoms with van der Waals surface area (Å²) in [6.45, 7) is 0.633. The largest absolute Gasteiger partial charge is 0.443 e. The Morgan fingerprint density at radius 3 is 3.15 bits per heavy atom. The van der Waals surface area contributed by atoms with Crippen LogP contribution in [0.5, 0.6) is 0 Å². The third kappa shape index (κ3) is 3.05. The lowest BCUT2D eigenvalue weighted by Gasteiger charge is -2.04. The molecule has 2 heterocycles. The van der Waals surface area contributed by atoms with Crippen molar-refractivity contribution in [1.82, 2.24) is 10.3 Å². The highest BCUT2D eigenvalue weighted by atomic mass is 32.1. The van der Waals surface area contributed by atoms with Gasteiger partial charge in [0.2, 0.25) is 5.91 Å². The quantitative estimate of drug-likeness (QED) is 0.784. The Hall–Kier alpha value is -2.14. The Kier molecular flexibility index (Phi) is 3.78.